The minimum atomic E-state index is -0.738. The van der Waals surface area contributed by atoms with E-state index in [9.17, 15) is 5.11 Å². The molecule has 1 N–H and O–H groups in total. The van der Waals surface area contributed by atoms with Gasteiger partial charge in [0, 0.05) is 29.9 Å². The minimum Gasteiger partial charge on any atom is -0.384 e. The molecule has 0 radical (unpaired) electrons. The summed E-state index contributed by atoms with van der Waals surface area (Å²) < 4.78 is 0. The van der Waals surface area contributed by atoms with Gasteiger partial charge in [-0.2, -0.15) is 0 Å². The monoisotopic (exact) mass is 404 g/mol. The highest BCUT2D eigenvalue weighted by atomic mass is 35.5. The fraction of sp³-hybridized carbons (Fsp3) is 0.750. The Kier molecular flexibility index (Phi) is 6.98. The zero-order chi connectivity index (χ0) is 19.4. The lowest BCUT2D eigenvalue weighted by molar-refractivity contribution is -0.119. The molecule has 0 spiro atoms. The van der Waals surface area contributed by atoms with E-state index >= 15 is 0 Å². The number of aliphatic hydroxyl groups is 1. The molecule has 2 saturated heterocycles. The number of halogens is 1. The molecule has 1 aliphatic carbocycles. The SMILES string of the molecule is OC1(c2ccc(Cl)cc2)C(CN2CCCCC2)CCCC1CN1CCCCC1. The Morgan fingerprint density at radius 1 is 0.750 bits per heavy atom. The molecule has 1 aromatic rings. The second-order valence-corrected chi connectivity index (χ2v) is 9.82. The van der Waals surface area contributed by atoms with Crippen molar-refractivity contribution in [2.75, 3.05) is 39.3 Å². The van der Waals surface area contributed by atoms with E-state index in [4.69, 9.17) is 11.6 Å². The number of rotatable bonds is 5. The smallest absolute Gasteiger partial charge is 0.0976 e. The number of hydrogen-bond acceptors (Lipinski definition) is 3. The van der Waals surface area contributed by atoms with Crippen molar-refractivity contribution in [1.82, 2.24) is 9.80 Å². The fourth-order valence-electron chi connectivity index (χ4n) is 5.94. The van der Waals surface area contributed by atoms with E-state index in [1.807, 2.05) is 12.1 Å². The normalized spacial score (nSPS) is 33.1. The third-order valence-corrected chi connectivity index (χ3v) is 7.76. The number of nitrogens with zero attached hydrogens (tertiary/aromatic N) is 2. The lowest BCUT2D eigenvalue weighted by Gasteiger charge is -2.49. The standard InChI is InChI=1S/C24H37ClN2O/c25-23-12-10-20(11-13-23)24(28)21(18-26-14-3-1-4-15-26)8-7-9-22(24)19-27-16-5-2-6-17-27/h10-13,21-22,28H,1-9,14-19H2. The topological polar surface area (TPSA) is 26.7 Å². The summed E-state index contributed by atoms with van der Waals surface area (Å²) in [6.07, 6.45) is 11.5. The van der Waals surface area contributed by atoms with Crippen molar-refractivity contribution in [3.63, 3.8) is 0 Å². The third kappa shape index (κ3) is 4.59. The molecule has 0 bridgehead atoms. The molecule has 3 nitrogen and oxygen atoms in total. The van der Waals surface area contributed by atoms with Gasteiger partial charge in [-0.05, 0) is 82.4 Å². The fourth-order valence-corrected chi connectivity index (χ4v) is 6.07. The predicted molar refractivity (Wildman–Crippen MR) is 117 cm³/mol. The van der Waals surface area contributed by atoms with Crippen LogP contribution in [0.3, 0.4) is 0 Å². The molecule has 156 valence electrons. The quantitative estimate of drug-likeness (QED) is 0.754. The average Bonchev–Trinajstić information content (AvgIpc) is 2.73. The lowest BCUT2D eigenvalue weighted by Crippen LogP contribution is -2.53. The summed E-state index contributed by atoms with van der Waals surface area (Å²) in [4.78, 5) is 5.22. The lowest BCUT2D eigenvalue weighted by atomic mass is 9.64. The second-order valence-electron chi connectivity index (χ2n) is 9.38. The van der Waals surface area contributed by atoms with E-state index in [1.165, 1.54) is 71.1 Å². The summed E-state index contributed by atoms with van der Waals surface area (Å²) in [6.45, 7) is 6.87. The van der Waals surface area contributed by atoms with Crippen LogP contribution in [0.1, 0.15) is 63.4 Å². The Hall–Kier alpha value is -0.610. The van der Waals surface area contributed by atoms with Crippen LogP contribution >= 0.6 is 11.6 Å². The van der Waals surface area contributed by atoms with E-state index < -0.39 is 5.60 Å². The van der Waals surface area contributed by atoms with Crippen molar-refractivity contribution >= 4 is 11.6 Å². The number of benzene rings is 1. The first-order valence-electron chi connectivity index (χ1n) is 11.6. The molecule has 1 saturated carbocycles. The van der Waals surface area contributed by atoms with E-state index in [0.717, 1.165) is 36.5 Å². The highest BCUT2D eigenvalue weighted by Gasteiger charge is 2.48. The average molecular weight is 405 g/mol. The van der Waals surface area contributed by atoms with Crippen LogP contribution in [0.2, 0.25) is 5.02 Å². The summed E-state index contributed by atoms with van der Waals surface area (Å²) in [7, 11) is 0. The molecular formula is C24H37ClN2O. The molecule has 1 aromatic carbocycles. The van der Waals surface area contributed by atoms with Crippen LogP contribution in [0.25, 0.3) is 0 Å². The van der Waals surface area contributed by atoms with E-state index in [1.54, 1.807) is 0 Å². The largest absolute Gasteiger partial charge is 0.384 e. The van der Waals surface area contributed by atoms with Crippen molar-refractivity contribution < 1.29 is 5.11 Å². The van der Waals surface area contributed by atoms with Gasteiger partial charge in [-0.25, -0.2) is 0 Å². The summed E-state index contributed by atoms with van der Waals surface area (Å²) in [5.74, 6) is 0.630. The van der Waals surface area contributed by atoms with Crippen LogP contribution < -0.4 is 0 Å². The van der Waals surface area contributed by atoms with Gasteiger partial charge in [0.25, 0.3) is 0 Å². The first kappa shape index (κ1) is 20.7. The highest BCUT2D eigenvalue weighted by Crippen LogP contribution is 2.47. The van der Waals surface area contributed by atoms with E-state index in [0.29, 0.717) is 11.8 Å². The van der Waals surface area contributed by atoms with Gasteiger partial charge < -0.3 is 14.9 Å². The van der Waals surface area contributed by atoms with Crippen LogP contribution in [0.15, 0.2) is 24.3 Å². The molecule has 3 aliphatic rings. The van der Waals surface area contributed by atoms with Gasteiger partial charge in [0.05, 0.1) is 5.60 Å². The summed E-state index contributed by atoms with van der Waals surface area (Å²) >= 11 is 6.18. The van der Waals surface area contributed by atoms with Crippen molar-refractivity contribution in [3.8, 4) is 0 Å². The van der Waals surface area contributed by atoms with Crippen LogP contribution in [-0.2, 0) is 5.60 Å². The maximum Gasteiger partial charge on any atom is 0.0976 e. The Balaban J connectivity index is 1.58. The van der Waals surface area contributed by atoms with Crippen LogP contribution in [-0.4, -0.2) is 54.2 Å². The van der Waals surface area contributed by atoms with Gasteiger partial charge in [-0.15, -0.1) is 0 Å². The molecule has 4 rings (SSSR count). The molecule has 2 aliphatic heterocycles. The Morgan fingerprint density at radius 2 is 1.21 bits per heavy atom. The second kappa shape index (κ2) is 9.47. The Bertz CT molecular complexity index is 580. The van der Waals surface area contributed by atoms with Gasteiger partial charge in [-0.3, -0.25) is 0 Å². The maximum atomic E-state index is 12.3. The number of likely N-dealkylation sites (tertiary alicyclic amines) is 2. The van der Waals surface area contributed by atoms with Gasteiger partial charge >= 0.3 is 0 Å². The maximum absolute atomic E-state index is 12.3. The number of piperidine rings is 2. The highest BCUT2D eigenvalue weighted by molar-refractivity contribution is 6.30. The number of hydrogen-bond donors (Lipinski definition) is 1. The van der Waals surface area contributed by atoms with Gasteiger partial charge in [0.2, 0.25) is 0 Å². The molecule has 28 heavy (non-hydrogen) atoms. The molecular weight excluding hydrogens is 368 g/mol. The Morgan fingerprint density at radius 3 is 1.68 bits per heavy atom. The summed E-state index contributed by atoms with van der Waals surface area (Å²) in [5, 5.41) is 13.1. The third-order valence-electron chi connectivity index (χ3n) is 7.51. The molecule has 0 amide bonds. The summed E-state index contributed by atoms with van der Waals surface area (Å²) in [5.41, 5.74) is 0.346. The van der Waals surface area contributed by atoms with Gasteiger partial charge in [-0.1, -0.05) is 43.0 Å². The molecule has 3 fully saturated rings. The molecule has 0 aromatic heterocycles. The first-order valence-corrected chi connectivity index (χ1v) is 12.0. The molecule has 4 heteroatoms. The van der Waals surface area contributed by atoms with Gasteiger partial charge in [0.15, 0.2) is 0 Å². The first-order chi connectivity index (χ1) is 13.7. The van der Waals surface area contributed by atoms with Crippen LogP contribution in [0.5, 0.6) is 0 Å². The van der Waals surface area contributed by atoms with Crippen LogP contribution in [0, 0.1) is 11.8 Å². The minimum absolute atomic E-state index is 0.315. The zero-order valence-electron chi connectivity index (χ0n) is 17.3. The molecule has 2 unspecified atom stereocenters. The van der Waals surface area contributed by atoms with Crippen molar-refractivity contribution in [2.24, 2.45) is 11.8 Å². The predicted octanol–water partition coefficient (Wildman–Crippen LogP) is 4.92. The molecule has 2 atom stereocenters. The molecule has 2 heterocycles. The van der Waals surface area contributed by atoms with E-state index in [-0.39, 0.29) is 0 Å². The zero-order valence-corrected chi connectivity index (χ0v) is 18.0. The van der Waals surface area contributed by atoms with Crippen molar-refractivity contribution in [3.05, 3.63) is 34.9 Å². The van der Waals surface area contributed by atoms with Crippen molar-refractivity contribution in [1.29, 1.82) is 0 Å². The van der Waals surface area contributed by atoms with Gasteiger partial charge in [0.1, 0.15) is 0 Å². The Labute approximate surface area is 176 Å². The summed E-state index contributed by atoms with van der Waals surface area (Å²) in [6, 6.07) is 8.08. The van der Waals surface area contributed by atoms with Crippen LogP contribution in [0.4, 0.5) is 0 Å². The van der Waals surface area contributed by atoms with E-state index in [2.05, 4.69) is 21.9 Å². The van der Waals surface area contributed by atoms with Crippen molar-refractivity contribution in [2.45, 2.75) is 63.4 Å².